The summed E-state index contributed by atoms with van der Waals surface area (Å²) < 4.78 is 13.2. The number of rotatable bonds is 5. The minimum Gasteiger partial charge on any atom is -0.310 e. The molecule has 0 bridgehead atoms. The van der Waals surface area contributed by atoms with Gasteiger partial charge in [-0.1, -0.05) is 12.1 Å². The summed E-state index contributed by atoms with van der Waals surface area (Å²) in [4.78, 5) is 26.7. The summed E-state index contributed by atoms with van der Waals surface area (Å²) in [7, 11) is 0. The van der Waals surface area contributed by atoms with Crippen molar-refractivity contribution in [1.82, 2.24) is 4.90 Å². The van der Waals surface area contributed by atoms with Gasteiger partial charge in [0.15, 0.2) is 0 Å². The molecule has 0 atom stereocenters. The van der Waals surface area contributed by atoms with E-state index in [0.29, 0.717) is 12.2 Å². The SMILES string of the molecule is CC(=O)N(c1ccc(F)cc1)C1CCN(Cc2cccc([N+](=O)[O-])c2)CC1. The summed E-state index contributed by atoms with van der Waals surface area (Å²) in [6.07, 6.45) is 1.60. The van der Waals surface area contributed by atoms with Crippen LogP contribution in [0.5, 0.6) is 0 Å². The third kappa shape index (κ3) is 4.68. The van der Waals surface area contributed by atoms with E-state index >= 15 is 0 Å². The number of piperidine rings is 1. The van der Waals surface area contributed by atoms with Crippen molar-refractivity contribution in [3.05, 3.63) is 70.0 Å². The summed E-state index contributed by atoms with van der Waals surface area (Å²) in [6, 6.07) is 12.7. The van der Waals surface area contributed by atoms with Gasteiger partial charge >= 0.3 is 0 Å². The minimum atomic E-state index is -0.386. The lowest BCUT2D eigenvalue weighted by atomic mass is 10.0. The monoisotopic (exact) mass is 371 g/mol. The van der Waals surface area contributed by atoms with Gasteiger partial charge in [0.2, 0.25) is 5.91 Å². The zero-order valence-corrected chi connectivity index (χ0v) is 15.2. The third-order valence-corrected chi connectivity index (χ3v) is 4.89. The molecule has 0 spiro atoms. The molecule has 0 aliphatic carbocycles. The van der Waals surface area contributed by atoms with Gasteiger partial charge in [-0.15, -0.1) is 0 Å². The molecule has 0 radical (unpaired) electrons. The number of non-ortho nitro benzene ring substituents is 1. The van der Waals surface area contributed by atoms with E-state index in [0.717, 1.165) is 31.5 Å². The maximum Gasteiger partial charge on any atom is 0.269 e. The van der Waals surface area contributed by atoms with E-state index in [4.69, 9.17) is 0 Å². The number of anilines is 1. The molecule has 1 aliphatic rings. The van der Waals surface area contributed by atoms with Gasteiger partial charge < -0.3 is 4.90 Å². The Bertz CT molecular complexity index is 817. The lowest BCUT2D eigenvalue weighted by molar-refractivity contribution is -0.384. The van der Waals surface area contributed by atoms with Crippen LogP contribution in [-0.2, 0) is 11.3 Å². The van der Waals surface area contributed by atoms with Crippen LogP contribution in [-0.4, -0.2) is 34.9 Å². The van der Waals surface area contributed by atoms with Crippen LogP contribution >= 0.6 is 0 Å². The molecule has 3 rings (SSSR count). The average Bonchev–Trinajstić information content (AvgIpc) is 2.65. The highest BCUT2D eigenvalue weighted by atomic mass is 19.1. The first-order valence-corrected chi connectivity index (χ1v) is 8.95. The topological polar surface area (TPSA) is 66.7 Å². The Morgan fingerprint density at radius 3 is 2.48 bits per heavy atom. The van der Waals surface area contributed by atoms with Crippen molar-refractivity contribution in [3.8, 4) is 0 Å². The molecule has 2 aromatic rings. The van der Waals surface area contributed by atoms with Crippen molar-refractivity contribution in [2.75, 3.05) is 18.0 Å². The molecule has 7 heteroatoms. The lowest BCUT2D eigenvalue weighted by Crippen LogP contribution is -2.46. The summed E-state index contributed by atoms with van der Waals surface area (Å²) in [6.45, 7) is 3.75. The number of hydrogen-bond acceptors (Lipinski definition) is 4. The Labute approximate surface area is 157 Å². The molecule has 142 valence electrons. The van der Waals surface area contributed by atoms with E-state index in [-0.39, 0.29) is 28.4 Å². The van der Waals surface area contributed by atoms with Crippen LogP contribution in [0.2, 0.25) is 0 Å². The van der Waals surface area contributed by atoms with Gasteiger partial charge in [-0.25, -0.2) is 4.39 Å². The van der Waals surface area contributed by atoms with Gasteiger partial charge in [-0.05, 0) is 42.7 Å². The Balaban J connectivity index is 1.63. The number of nitrogens with zero attached hydrogens (tertiary/aromatic N) is 3. The maximum atomic E-state index is 13.2. The Morgan fingerprint density at radius 1 is 1.22 bits per heavy atom. The van der Waals surface area contributed by atoms with E-state index in [1.165, 1.54) is 25.1 Å². The van der Waals surface area contributed by atoms with Crippen LogP contribution in [0, 0.1) is 15.9 Å². The predicted octanol–water partition coefficient (Wildman–Crippen LogP) is 3.75. The van der Waals surface area contributed by atoms with E-state index in [1.807, 2.05) is 6.07 Å². The minimum absolute atomic E-state index is 0.0567. The largest absolute Gasteiger partial charge is 0.310 e. The number of likely N-dealkylation sites (tertiary alicyclic amines) is 1. The smallest absolute Gasteiger partial charge is 0.269 e. The van der Waals surface area contributed by atoms with Gasteiger partial charge in [-0.2, -0.15) is 0 Å². The van der Waals surface area contributed by atoms with Gasteiger partial charge in [0.05, 0.1) is 4.92 Å². The molecule has 1 fully saturated rings. The summed E-state index contributed by atoms with van der Waals surface area (Å²) in [5, 5.41) is 10.9. The van der Waals surface area contributed by atoms with Gasteiger partial charge in [-0.3, -0.25) is 19.8 Å². The number of hydrogen-bond donors (Lipinski definition) is 0. The molecule has 27 heavy (non-hydrogen) atoms. The number of carbonyl (C=O) groups is 1. The van der Waals surface area contributed by atoms with Crippen LogP contribution in [0.3, 0.4) is 0 Å². The van der Waals surface area contributed by atoms with Crippen LogP contribution in [0.1, 0.15) is 25.3 Å². The molecular weight excluding hydrogens is 349 g/mol. The molecule has 1 saturated heterocycles. The van der Waals surface area contributed by atoms with Crippen LogP contribution in [0.15, 0.2) is 48.5 Å². The molecule has 0 saturated carbocycles. The van der Waals surface area contributed by atoms with Crippen molar-refractivity contribution in [2.24, 2.45) is 0 Å². The van der Waals surface area contributed by atoms with Gasteiger partial charge in [0, 0.05) is 50.4 Å². The van der Waals surface area contributed by atoms with Crippen LogP contribution in [0.4, 0.5) is 15.8 Å². The van der Waals surface area contributed by atoms with Crippen molar-refractivity contribution < 1.29 is 14.1 Å². The molecule has 0 N–H and O–H groups in total. The van der Waals surface area contributed by atoms with Gasteiger partial charge in [0.25, 0.3) is 5.69 Å². The predicted molar refractivity (Wildman–Crippen MR) is 101 cm³/mol. The zero-order chi connectivity index (χ0) is 19.4. The fraction of sp³-hybridized carbons (Fsp3) is 0.350. The Hall–Kier alpha value is -2.80. The van der Waals surface area contributed by atoms with E-state index in [2.05, 4.69) is 4.90 Å². The second kappa shape index (κ2) is 8.26. The highest BCUT2D eigenvalue weighted by Gasteiger charge is 2.27. The standard InChI is InChI=1S/C20H22FN3O3/c1-15(25)23(18-7-5-17(21)6-8-18)19-9-11-22(12-10-19)14-16-3-2-4-20(13-16)24(26)27/h2-8,13,19H,9-12,14H2,1H3. The summed E-state index contributed by atoms with van der Waals surface area (Å²) in [5.41, 5.74) is 1.71. The fourth-order valence-electron chi connectivity index (χ4n) is 3.61. The molecular formula is C20H22FN3O3. The number of benzene rings is 2. The number of halogens is 1. The fourth-order valence-corrected chi connectivity index (χ4v) is 3.61. The molecule has 1 aliphatic heterocycles. The highest BCUT2D eigenvalue weighted by Crippen LogP contribution is 2.25. The number of nitro benzene ring substituents is 1. The first-order chi connectivity index (χ1) is 12.9. The maximum absolute atomic E-state index is 13.2. The molecule has 1 heterocycles. The molecule has 1 amide bonds. The number of amides is 1. The van der Waals surface area contributed by atoms with Crippen molar-refractivity contribution in [1.29, 1.82) is 0 Å². The average molecular weight is 371 g/mol. The van der Waals surface area contributed by atoms with E-state index in [9.17, 15) is 19.3 Å². The third-order valence-electron chi connectivity index (χ3n) is 4.89. The van der Waals surface area contributed by atoms with Crippen molar-refractivity contribution in [2.45, 2.75) is 32.4 Å². The highest BCUT2D eigenvalue weighted by molar-refractivity contribution is 5.92. The molecule has 6 nitrogen and oxygen atoms in total. The molecule has 0 aromatic heterocycles. The first-order valence-electron chi connectivity index (χ1n) is 8.95. The summed E-state index contributed by atoms with van der Waals surface area (Å²) in [5.74, 6) is -0.382. The number of nitro groups is 1. The zero-order valence-electron chi connectivity index (χ0n) is 15.2. The van der Waals surface area contributed by atoms with E-state index < -0.39 is 0 Å². The van der Waals surface area contributed by atoms with Crippen molar-refractivity contribution in [3.63, 3.8) is 0 Å². The van der Waals surface area contributed by atoms with Crippen molar-refractivity contribution >= 4 is 17.3 Å². The van der Waals surface area contributed by atoms with Crippen LogP contribution < -0.4 is 4.90 Å². The Kier molecular flexibility index (Phi) is 5.81. The van der Waals surface area contributed by atoms with E-state index in [1.54, 1.807) is 29.2 Å². The summed E-state index contributed by atoms with van der Waals surface area (Å²) >= 11 is 0. The Morgan fingerprint density at radius 2 is 1.89 bits per heavy atom. The molecule has 2 aromatic carbocycles. The quantitative estimate of drug-likeness (QED) is 0.593. The van der Waals surface area contributed by atoms with Gasteiger partial charge in [0.1, 0.15) is 5.82 Å². The lowest BCUT2D eigenvalue weighted by Gasteiger charge is -2.38. The first kappa shape index (κ1) is 19.0. The molecule has 0 unspecified atom stereocenters. The second-order valence-electron chi connectivity index (χ2n) is 6.80. The number of carbonyl (C=O) groups excluding carboxylic acids is 1. The normalized spacial score (nSPS) is 15.5. The van der Waals surface area contributed by atoms with Crippen LogP contribution in [0.25, 0.3) is 0 Å². The second-order valence-corrected chi connectivity index (χ2v) is 6.80.